The predicted molar refractivity (Wildman–Crippen MR) is 42.7 cm³/mol. The smallest absolute Gasteiger partial charge is 0.0725 e. The third-order valence-corrected chi connectivity index (χ3v) is 2.07. The fourth-order valence-electron chi connectivity index (χ4n) is 1.32. The van der Waals surface area contributed by atoms with Gasteiger partial charge in [0, 0.05) is 0 Å². The van der Waals surface area contributed by atoms with Crippen LogP contribution in [-0.2, 0) is 0 Å². The molecule has 1 N–H and O–H groups in total. The highest BCUT2D eigenvalue weighted by Crippen LogP contribution is 2.18. The number of nitrogens with zero attached hydrogens (tertiary/aromatic N) is 1. The summed E-state index contributed by atoms with van der Waals surface area (Å²) >= 11 is 0. The van der Waals surface area contributed by atoms with E-state index in [0.717, 1.165) is 25.7 Å². The number of hydrogen-bond acceptors (Lipinski definition) is 2. The monoisotopic (exact) mass is 151 g/mol. The molecule has 0 saturated carbocycles. The average molecular weight is 151 g/mol. The summed E-state index contributed by atoms with van der Waals surface area (Å²) in [6, 6.07) is 2.14. The first-order chi connectivity index (χ1) is 5.34. The molecule has 0 aromatic carbocycles. The molecule has 0 saturated heterocycles. The van der Waals surface area contributed by atoms with E-state index in [9.17, 15) is 5.11 Å². The van der Waals surface area contributed by atoms with E-state index in [1.54, 1.807) is 0 Å². The van der Waals surface area contributed by atoms with Gasteiger partial charge in [-0.2, -0.15) is 5.26 Å². The minimum Gasteiger partial charge on any atom is -0.392 e. The van der Waals surface area contributed by atoms with Crippen molar-refractivity contribution in [2.45, 2.75) is 31.8 Å². The molecular formula is C9H13NO. The molecule has 1 aliphatic carbocycles. The second-order valence-corrected chi connectivity index (χ2v) is 2.93. The Labute approximate surface area is 67.2 Å². The van der Waals surface area contributed by atoms with E-state index < -0.39 is 6.10 Å². The highest BCUT2D eigenvalue weighted by atomic mass is 16.3. The van der Waals surface area contributed by atoms with E-state index in [-0.39, 0.29) is 5.92 Å². The maximum absolute atomic E-state index is 9.42. The Balaban J connectivity index is 2.52. The fourth-order valence-corrected chi connectivity index (χ4v) is 1.32. The van der Waals surface area contributed by atoms with E-state index in [2.05, 4.69) is 18.2 Å². The van der Waals surface area contributed by atoms with Gasteiger partial charge in [0.25, 0.3) is 0 Å². The molecule has 0 unspecified atom stereocenters. The zero-order chi connectivity index (χ0) is 8.10. The first kappa shape index (κ1) is 8.29. The molecule has 0 radical (unpaired) electrons. The second kappa shape index (κ2) is 4.15. The number of rotatable bonds is 0. The van der Waals surface area contributed by atoms with Gasteiger partial charge in [0.1, 0.15) is 0 Å². The van der Waals surface area contributed by atoms with E-state index in [1.165, 1.54) is 0 Å². The molecule has 0 aromatic rings. The molecule has 1 aliphatic rings. The molecule has 0 amide bonds. The average Bonchev–Trinajstić information content (AvgIpc) is 1.98. The summed E-state index contributed by atoms with van der Waals surface area (Å²) in [5.74, 6) is -0.153. The lowest BCUT2D eigenvalue weighted by Gasteiger charge is -2.16. The number of hydrogen-bond donors (Lipinski definition) is 1. The van der Waals surface area contributed by atoms with Crippen LogP contribution in [0.3, 0.4) is 0 Å². The van der Waals surface area contributed by atoms with Crippen molar-refractivity contribution in [1.82, 2.24) is 0 Å². The van der Waals surface area contributed by atoms with Crippen molar-refractivity contribution in [2.24, 2.45) is 5.92 Å². The second-order valence-electron chi connectivity index (χ2n) is 2.93. The van der Waals surface area contributed by atoms with Crippen LogP contribution in [0.1, 0.15) is 25.7 Å². The quantitative estimate of drug-likeness (QED) is 0.534. The lowest BCUT2D eigenvalue weighted by molar-refractivity contribution is 0.120. The molecule has 11 heavy (non-hydrogen) atoms. The van der Waals surface area contributed by atoms with Crippen molar-refractivity contribution in [2.75, 3.05) is 0 Å². The Morgan fingerprint density at radius 1 is 1.27 bits per heavy atom. The maximum atomic E-state index is 9.42. The van der Waals surface area contributed by atoms with Crippen LogP contribution in [0.15, 0.2) is 12.2 Å². The van der Waals surface area contributed by atoms with Gasteiger partial charge >= 0.3 is 0 Å². The summed E-state index contributed by atoms with van der Waals surface area (Å²) in [5.41, 5.74) is 0. The van der Waals surface area contributed by atoms with Crippen LogP contribution >= 0.6 is 0 Å². The molecule has 2 atom stereocenters. The molecule has 1 rings (SSSR count). The van der Waals surface area contributed by atoms with Crippen molar-refractivity contribution >= 4 is 0 Å². The van der Waals surface area contributed by atoms with Gasteiger partial charge in [-0.15, -0.1) is 0 Å². The van der Waals surface area contributed by atoms with Crippen LogP contribution in [0.25, 0.3) is 0 Å². The summed E-state index contributed by atoms with van der Waals surface area (Å²) < 4.78 is 0. The zero-order valence-electron chi connectivity index (χ0n) is 6.53. The van der Waals surface area contributed by atoms with Crippen molar-refractivity contribution in [3.63, 3.8) is 0 Å². The van der Waals surface area contributed by atoms with Crippen molar-refractivity contribution in [3.05, 3.63) is 12.2 Å². The van der Waals surface area contributed by atoms with E-state index >= 15 is 0 Å². The molecule has 0 bridgehead atoms. The van der Waals surface area contributed by atoms with Gasteiger partial charge in [-0.05, 0) is 25.7 Å². The van der Waals surface area contributed by atoms with Gasteiger partial charge in [0.15, 0.2) is 0 Å². The molecule has 60 valence electrons. The lowest BCUT2D eigenvalue weighted by atomic mass is 9.93. The van der Waals surface area contributed by atoms with Crippen LogP contribution in [0.2, 0.25) is 0 Å². The normalized spacial score (nSPS) is 32.0. The third kappa shape index (κ3) is 2.36. The number of aliphatic hydroxyl groups is 1. The van der Waals surface area contributed by atoms with Crippen molar-refractivity contribution in [3.8, 4) is 6.07 Å². The molecule has 0 fully saturated rings. The Morgan fingerprint density at radius 3 is 2.55 bits per heavy atom. The van der Waals surface area contributed by atoms with E-state index in [0.29, 0.717) is 0 Å². The van der Waals surface area contributed by atoms with Crippen LogP contribution in [-0.4, -0.2) is 11.2 Å². The molecule has 0 aliphatic heterocycles. The summed E-state index contributed by atoms with van der Waals surface area (Å²) in [5, 5.41) is 18.1. The first-order valence-electron chi connectivity index (χ1n) is 4.07. The van der Waals surface area contributed by atoms with Crippen molar-refractivity contribution < 1.29 is 5.11 Å². The molecule has 0 heterocycles. The summed E-state index contributed by atoms with van der Waals surface area (Å²) in [4.78, 5) is 0. The molecule has 0 aromatic heterocycles. The van der Waals surface area contributed by atoms with Gasteiger partial charge in [-0.1, -0.05) is 12.2 Å². The molecule has 0 spiro atoms. The largest absolute Gasteiger partial charge is 0.392 e. The van der Waals surface area contributed by atoms with Crippen LogP contribution in [0.4, 0.5) is 0 Å². The highest BCUT2D eigenvalue weighted by Gasteiger charge is 2.17. The third-order valence-electron chi connectivity index (χ3n) is 2.07. The predicted octanol–water partition coefficient (Wildman–Crippen LogP) is 1.62. The fraction of sp³-hybridized carbons (Fsp3) is 0.667. The number of allylic oxidation sites excluding steroid dienone is 2. The Hall–Kier alpha value is -0.810. The van der Waals surface area contributed by atoms with Gasteiger partial charge in [0.05, 0.1) is 18.1 Å². The Morgan fingerprint density at radius 2 is 1.91 bits per heavy atom. The standard InChI is InChI=1S/C9H13NO/c10-7-8-5-3-1-2-4-6-9(8)11/h1-2,8-9,11H,3-6H2/t8-,9+/m0/s1. The number of aliphatic hydroxyl groups excluding tert-OH is 1. The van der Waals surface area contributed by atoms with E-state index in [1.807, 2.05) is 0 Å². The highest BCUT2D eigenvalue weighted by molar-refractivity contribution is 4.95. The van der Waals surface area contributed by atoms with Crippen LogP contribution in [0, 0.1) is 17.2 Å². The first-order valence-corrected chi connectivity index (χ1v) is 4.07. The maximum Gasteiger partial charge on any atom is 0.0725 e. The van der Waals surface area contributed by atoms with Crippen LogP contribution in [0.5, 0.6) is 0 Å². The lowest BCUT2D eigenvalue weighted by Crippen LogP contribution is -2.19. The van der Waals surface area contributed by atoms with Gasteiger partial charge in [-0.3, -0.25) is 0 Å². The van der Waals surface area contributed by atoms with Gasteiger partial charge in [-0.25, -0.2) is 0 Å². The Bertz CT molecular complexity index is 180. The minimum atomic E-state index is -0.412. The summed E-state index contributed by atoms with van der Waals surface area (Å²) in [7, 11) is 0. The molecule has 2 heteroatoms. The Kier molecular flexibility index (Phi) is 3.13. The zero-order valence-corrected chi connectivity index (χ0v) is 6.53. The number of nitriles is 1. The SMILES string of the molecule is N#C[C@@H]1CCC=CCC[C@H]1O. The van der Waals surface area contributed by atoms with Gasteiger partial charge in [0.2, 0.25) is 0 Å². The van der Waals surface area contributed by atoms with Crippen LogP contribution < -0.4 is 0 Å². The van der Waals surface area contributed by atoms with Gasteiger partial charge < -0.3 is 5.11 Å². The molecular weight excluding hydrogens is 138 g/mol. The van der Waals surface area contributed by atoms with Crippen molar-refractivity contribution in [1.29, 1.82) is 5.26 Å². The van der Waals surface area contributed by atoms with E-state index in [4.69, 9.17) is 5.26 Å². The topological polar surface area (TPSA) is 44.0 Å². The minimum absolute atomic E-state index is 0.153. The molecule has 2 nitrogen and oxygen atoms in total. The summed E-state index contributed by atoms with van der Waals surface area (Å²) in [6.07, 6.45) is 7.12. The summed E-state index contributed by atoms with van der Waals surface area (Å²) in [6.45, 7) is 0.